The highest BCUT2D eigenvalue weighted by Crippen LogP contribution is 2.54. The molecule has 0 unspecified atom stereocenters. The van der Waals surface area contributed by atoms with Gasteiger partial charge < -0.3 is 9.47 Å². The zero-order chi connectivity index (χ0) is 30.6. The van der Waals surface area contributed by atoms with Gasteiger partial charge in [-0.25, -0.2) is 9.97 Å². The van der Waals surface area contributed by atoms with Gasteiger partial charge in [-0.3, -0.25) is 0 Å². The van der Waals surface area contributed by atoms with Gasteiger partial charge in [0, 0.05) is 12.0 Å². The summed E-state index contributed by atoms with van der Waals surface area (Å²) in [6, 6.07) is 7.08. The number of benzene rings is 1. The second-order valence-electron chi connectivity index (χ2n) is 9.38. The predicted octanol–water partition coefficient (Wildman–Crippen LogP) is 9.46. The van der Waals surface area contributed by atoms with Crippen LogP contribution < -0.4 is 9.47 Å². The molecule has 0 aliphatic carbocycles. The Balaban J connectivity index is 1.73. The number of nitrogens with zero attached hydrogens (tertiary/aromatic N) is 2. The fraction of sp³-hybridized carbons (Fsp3) is 0.571. The predicted molar refractivity (Wildman–Crippen MR) is 136 cm³/mol. The first-order valence-corrected chi connectivity index (χ1v) is 13.3. The fourth-order valence-electron chi connectivity index (χ4n) is 3.56. The van der Waals surface area contributed by atoms with E-state index in [0.717, 1.165) is 25.7 Å². The molecule has 0 saturated heterocycles. The van der Waals surface area contributed by atoms with Crippen molar-refractivity contribution in [2.24, 2.45) is 0 Å². The average molecular weight is 601 g/mol. The third-order valence-corrected chi connectivity index (χ3v) is 6.03. The van der Waals surface area contributed by atoms with Gasteiger partial charge in [0.2, 0.25) is 0 Å². The highest BCUT2D eigenvalue weighted by atomic mass is 19.4. The summed E-state index contributed by atoms with van der Waals surface area (Å²) in [5.41, 5.74) is 0.680. The molecular weight excluding hydrogens is 567 g/mol. The van der Waals surface area contributed by atoms with E-state index in [4.69, 9.17) is 9.47 Å². The number of hydrogen-bond acceptors (Lipinski definition) is 4. The Morgan fingerprint density at radius 1 is 0.659 bits per heavy atom. The first-order valence-electron chi connectivity index (χ1n) is 13.3. The van der Waals surface area contributed by atoms with Crippen LogP contribution in [0.25, 0.3) is 11.4 Å². The van der Waals surface area contributed by atoms with Crippen LogP contribution >= 0.6 is 0 Å². The first-order chi connectivity index (χ1) is 19.2. The number of rotatable bonds is 18. The maximum atomic E-state index is 13.6. The van der Waals surface area contributed by atoms with Crippen molar-refractivity contribution in [1.82, 2.24) is 9.97 Å². The van der Waals surface area contributed by atoms with E-state index in [1.807, 2.05) is 0 Å². The summed E-state index contributed by atoms with van der Waals surface area (Å²) >= 11 is 0. The summed E-state index contributed by atoms with van der Waals surface area (Å²) in [6.07, 6.45) is 3.64. The molecule has 0 atom stereocenters. The third kappa shape index (κ3) is 9.81. The summed E-state index contributed by atoms with van der Waals surface area (Å²) in [7, 11) is 0. The fourth-order valence-corrected chi connectivity index (χ4v) is 3.56. The normalized spacial score (nSPS) is 13.1. The van der Waals surface area contributed by atoms with Crippen LogP contribution in [0.3, 0.4) is 0 Å². The Bertz CT molecular complexity index is 1060. The maximum absolute atomic E-state index is 13.6. The van der Waals surface area contributed by atoms with Crippen molar-refractivity contribution in [1.29, 1.82) is 0 Å². The van der Waals surface area contributed by atoms with E-state index in [1.165, 1.54) is 25.2 Å². The van der Waals surface area contributed by atoms with Crippen molar-refractivity contribution in [3.05, 3.63) is 48.8 Å². The lowest BCUT2D eigenvalue weighted by atomic mass is 9.99. The van der Waals surface area contributed by atoms with Gasteiger partial charge in [0.25, 0.3) is 0 Å². The highest BCUT2D eigenvalue weighted by Gasteiger charge is 2.81. The van der Waals surface area contributed by atoms with Crippen molar-refractivity contribution in [3.63, 3.8) is 0 Å². The summed E-state index contributed by atoms with van der Waals surface area (Å²) in [6.45, 7) is 2.45. The Kier molecular flexibility index (Phi) is 12.8. The molecule has 1 heterocycles. The molecule has 230 valence electrons. The van der Waals surface area contributed by atoms with Crippen LogP contribution in [0.1, 0.15) is 64.7 Å². The molecule has 0 aliphatic rings. The van der Waals surface area contributed by atoms with Gasteiger partial charge in [0.05, 0.1) is 25.6 Å². The van der Waals surface area contributed by atoms with Gasteiger partial charge in [-0.2, -0.15) is 39.5 Å². The van der Waals surface area contributed by atoms with E-state index in [1.54, 1.807) is 24.3 Å². The van der Waals surface area contributed by atoms with Crippen molar-refractivity contribution < 1.29 is 49.0 Å². The molecule has 0 amide bonds. The third-order valence-electron chi connectivity index (χ3n) is 6.03. The number of unbranched alkanes of at least 4 members (excludes halogenated alkanes) is 5. The molecule has 0 aliphatic heterocycles. The van der Waals surface area contributed by atoms with Crippen LogP contribution in [0.5, 0.6) is 11.5 Å². The van der Waals surface area contributed by atoms with E-state index in [2.05, 4.69) is 29.0 Å². The van der Waals surface area contributed by atoms with E-state index in [-0.39, 0.29) is 18.8 Å². The van der Waals surface area contributed by atoms with Gasteiger partial charge in [-0.1, -0.05) is 31.9 Å². The number of aromatic nitrogens is 2. The minimum absolute atomic E-state index is 0.120. The molecule has 2 aromatic rings. The quantitative estimate of drug-likeness (QED) is 0.0972. The van der Waals surface area contributed by atoms with Crippen LogP contribution in [-0.4, -0.2) is 47.1 Å². The van der Waals surface area contributed by atoms with Crippen molar-refractivity contribution in [3.8, 4) is 22.9 Å². The Labute approximate surface area is 233 Å². The largest absolute Gasteiger partial charge is 0.494 e. The lowest BCUT2D eigenvalue weighted by Gasteiger charge is -2.33. The maximum Gasteiger partial charge on any atom is 0.460 e. The average Bonchev–Trinajstić information content (AvgIpc) is 2.92. The smallest absolute Gasteiger partial charge is 0.460 e. The molecule has 0 saturated carbocycles. The molecule has 0 bridgehead atoms. The minimum atomic E-state index is -6.88. The molecular formula is C28H33F9N2O2. The van der Waals surface area contributed by atoms with E-state index in [9.17, 15) is 39.5 Å². The number of allylic oxidation sites excluding steroid dienone is 2. The standard InChI is InChI=1S/C28H33F9N2O2/c1-2-3-4-5-6-7-8-10-17-40-22-14-12-21(13-15-22)24-38-19-23(20-39-24)41-18-11-9-16-25(29,30)26(31,32)27(33,34)28(35,36)37/h5-6,12-15,19-20H,2-4,7-11,16-18H2,1H3. The zero-order valence-electron chi connectivity index (χ0n) is 22.5. The molecule has 2 rings (SSSR count). The second-order valence-corrected chi connectivity index (χ2v) is 9.38. The number of hydrogen-bond donors (Lipinski definition) is 0. The summed E-state index contributed by atoms with van der Waals surface area (Å²) in [5.74, 6) is -17.9. The van der Waals surface area contributed by atoms with Crippen LogP contribution in [0.2, 0.25) is 0 Å². The topological polar surface area (TPSA) is 44.2 Å². The zero-order valence-corrected chi connectivity index (χ0v) is 22.5. The Morgan fingerprint density at radius 3 is 1.76 bits per heavy atom. The van der Waals surface area contributed by atoms with Gasteiger partial charge in [-0.15, -0.1) is 0 Å². The van der Waals surface area contributed by atoms with Crippen LogP contribution in [0.15, 0.2) is 48.8 Å². The monoisotopic (exact) mass is 600 g/mol. The molecule has 41 heavy (non-hydrogen) atoms. The molecule has 0 N–H and O–H groups in total. The van der Waals surface area contributed by atoms with Gasteiger partial charge in [0.15, 0.2) is 11.6 Å². The number of halogens is 9. The summed E-state index contributed by atoms with van der Waals surface area (Å²) in [5, 5.41) is 0. The van der Waals surface area contributed by atoms with E-state index >= 15 is 0 Å². The van der Waals surface area contributed by atoms with E-state index < -0.39 is 36.8 Å². The molecule has 0 radical (unpaired) electrons. The van der Waals surface area contributed by atoms with Crippen LogP contribution in [0.4, 0.5) is 39.5 Å². The summed E-state index contributed by atoms with van der Waals surface area (Å²) in [4.78, 5) is 8.26. The number of alkyl halides is 9. The van der Waals surface area contributed by atoms with Crippen LogP contribution in [-0.2, 0) is 0 Å². The van der Waals surface area contributed by atoms with E-state index in [0.29, 0.717) is 23.7 Å². The van der Waals surface area contributed by atoms with Crippen molar-refractivity contribution >= 4 is 0 Å². The second kappa shape index (κ2) is 15.3. The molecule has 13 heteroatoms. The summed E-state index contributed by atoms with van der Waals surface area (Å²) < 4.78 is 127. The molecule has 0 spiro atoms. The van der Waals surface area contributed by atoms with Gasteiger partial charge in [-0.05, 0) is 62.8 Å². The first kappa shape index (κ1) is 34.2. The van der Waals surface area contributed by atoms with Gasteiger partial charge >= 0.3 is 23.9 Å². The van der Waals surface area contributed by atoms with Crippen molar-refractivity contribution in [2.45, 2.75) is 88.7 Å². The van der Waals surface area contributed by atoms with Gasteiger partial charge in [0.1, 0.15) is 5.75 Å². The Hall–Kier alpha value is -2.99. The minimum Gasteiger partial charge on any atom is -0.494 e. The molecule has 0 fully saturated rings. The molecule has 4 nitrogen and oxygen atoms in total. The lowest BCUT2D eigenvalue weighted by molar-refractivity contribution is -0.396. The molecule has 1 aromatic carbocycles. The van der Waals surface area contributed by atoms with Crippen molar-refractivity contribution in [2.75, 3.05) is 13.2 Å². The Morgan fingerprint density at radius 2 is 1.20 bits per heavy atom. The molecule has 1 aromatic heterocycles. The van der Waals surface area contributed by atoms with Crippen LogP contribution in [0, 0.1) is 0 Å². The SMILES string of the molecule is CCCCC=CCCCCOc1ccc(-c2ncc(OCCCCC(F)(F)C(F)(F)C(F)(F)C(F)(F)F)cn2)cc1. The lowest BCUT2D eigenvalue weighted by Crippen LogP contribution is -2.60. The number of ether oxygens (including phenoxy) is 2. The highest BCUT2D eigenvalue weighted by molar-refractivity contribution is 5.56.